The first-order chi connectivity index (χ1) is 8.04. The van der Waals surface area contributed by atoms with E-state index in [0.29, 0.717) is 11.3 Å². The Morgan fingerprint density at radius 3 is 2.41 bits per heavy atom. The molecule has 1 saturated heterocycles. The maximum Gasteiger partial charge on any atom is 0.0793 e. The third-order valence-corrected chi connectivity index (χ3v) is 4.47. The minimum atomic E-state index is -0.0741. The van der Waals surface area contributed by atoms with E-state index in [-0.39, 0.29) is 6.10 Å². The predicted octanol–water partition coefficient (Wildman–Crippen LogP) is 1.84. The molecule has 1 aliphatic heterocycles. The molecule has 0 radical (unpaired) electrons. The predicted molar refractivity (Wildman–Crippen MR) is 72.9 cm³/mol. The standard InChI is InChI=1S/C14H30N2O/c1-4-6-14(11-15,12(2)3)7-5-8-16-9-13(17)10-16/h12-13,17H,4-11,15H2,1-3H3. The number of aliphatic hydroxyl groups excluding tert-OH is 1. The van der Waals surface area contributed by atoms with Gasteiger partial charge in [0.2, 0.25) is 0 Å². The Balaban J connectivity index is 2.32. The lowest BCUT2D eigenvalue weighted by Crippen LogP contribution is -2.51. The molecule has 3 N–H and O–H groups in total. The van der Waals surface area contributed by atoms with Crippen molar-refractivity contribution in [2.24, 2.45) is 17.1 Å². The first kappa shape index (κ1) is 14.9. The molecule has 1 fully saturated rings. The fourth-order valence-corrected chi connectivity index (χ4v) is 3.02. The topological polar surface area (TPSA) is 49.5 Å². The highest BCUT2D eigenvalue weighted by Gasteiger charge is 2.31. The molecule has 0 aromatic carbocycles. The van der Waals surface area contributed by atoms with Crippen LogP contribution >= 0.6 is 0 Å². The lowest BCUT2D eigenvalue weighted by molar-refractivity contribution is -0.00137. The van der Waals surface area contributed by atoms with E-state index in [9.17, 15) is 5.11 Å². The molecule has 0 saturated carbocycles. The lowest BCUT2D eigenvalue weighted by Gasteiger charge is -2.39. The summed E-state index contributed by atoms with van der Waals surface area (Å²) in [5.74, 6) is 0.662. The number of aliphatic hydroxyl groups is 1. The van der Waals surface area contributed by atoms with Crippen LogP contribution in [-0.4, -0.2) is 42.3 Å². The van der Waals surface area contributed by atoms with Crippen LogP contribution in [0.25, 0.3) is 0 Å². The molecular weight excluding hydrogens is 212 g/mol. The molecule has 1 unspecified atom stereocenters. The number of β-amino-alcohol motifs (C(OH)–C–C–N with tert-alkyl or cyclic N) is 1. The van der Waals surface area contributed by atoms with Crippen molar-refractivity contribution >= 4 is 0 Å². The second-order valence-corrected chi connectivity index (χ2v) is 5.99. The molecule has 0 aromatic rings. The number of nitrogens with two attached hydrogens (primary N) is 1. The number of likely N-dealkylation sites (tertiary alicyclic amines) is 1. The second kappa shape index (κ2) is 6.72. The molecule has 0 aliphatic carbocycles. The van der Waals surface area contributed by atoms with Gasteiger partial charge in [0, 0.05) is 13.1 Å². The zero-order chi connectivity index (χ0) is 12.9. The quantitative estimate of drug-likeness (QED) is 0.683. The van der Waals surface area contributed by atoms with Crippen LogP contribution in [0.3, 0.4) is 0 Å². The van der Waals surface area contributed by atoms with Gasteiger partial charge in [-0.25, -0.2) is 0 Å². The maximum absolute atomic E-state index is 9.23. The highest BCUT2D eigenvalue weighted by atomic mass is 16.3. The summed E-state index contributed by atoms with van der Waals surface area (Å²) in [6, 6.07) is 0. The molecule has 0 spiro atoms. The van der Waals surface area contributed by atoms with E-state index in [2.05, 4.69) is 25.7 Å². The third-order valence-electron chi connectivity index (χ3n) is 4.47. The van der Waals surface area contributed by atoms with Crippen molar-refractivity contribution in [3.05, 3.63) is 0 Å². The van der Waals surface area contributed by atoms with Crippen molar-refractivity contribution in [2.45, 2.75) is 52.6 Å². The van der Waals surface area contributed by atoms with Gasteiger partial charge in [-0.2, -0.15) is 0 Å². The Kier molecular flexibility index (Phi) is 5.90. The van der Waals surface area contributed by atoms with E-state index in [1.54, 1.807) is 0 Å². The first-order valence-electron chi connectivity index (χ1n) is 7.14. The van der Waals surface area contributed by atoms with Gasteiger partial charge in [-0.3, -0.25) is 4.90 Å². The largest absolute Gasteiger partial charge is 0.390 e. The van der Waals surface area contributed by atoms with Gasteiger partial charge >= 0.3 is 0 Å². The summed E-state index contributed by atoms with van der Waals surface area (Å²) in [5.41, 5.74) is 6.36. The van der Waals surface area contributed by atoms with Gasteiger partial charge in [0.1, 0.15) is 0 Å². The van der Waals surface area contributed by atoms with E-state index in [4.69, 9.17) is 5.73 Å². The van der Waals surface area contributed by atoms with Gasteiger partial charge < -0.3 is 10.8 Å². The summed E-state index contributed by atoms with van der Waals surface area (Å²) in [4.78, 5) is 2.33. The molecule has 0 bridgehead atoms. The Labute approximate surface area is 106 Å². The molecule has 1 rings (SSSR count). The number of nitrogens with zero attached hydrogens (tertiary/aromatic N) is 1. The van der Waals surface area contributed by atoms with Crippen molar-refractivity contribution in [3.8, 4) is 0 Å². The van der Waals surface area contributed by atoms with Crippen LogP contribution in [0.2, 0.25) is 0 Å². The zero-order valence-corrected chi connectivity index (χ0v) is 11.8. The number of rotatable bonds is 8. The van der Waals surface area contributed by atoms with Crippen LogP contribution in [0.5, 0.6) is 0 Å². The van der Waals surface area contributed by atoms with E-state index >= 15 is 0 Å². The van der Waals surface area contributed by atoms with Crippen molar-refractivity contribution in [1.82, 2.24) is 4.90 Å². The normalized spacial score (nSPS) is 21.5. The maximum atomic E-state index is 9.23. The highest BCUT2D eigenvalue weighted by molar-refractivity contribution is 4.85. The number of hydrogen-bond acceptors (Lipinski definition) is 3. The van der Waals surface area contributed by atoms with E-state index in [0.717, 1.165) is 26.2 Å². The molecule has 1 atom stereocenters. The fraction of sp³-hybridized carbons (Fsp3) is 1.00. The summed E-state index contributed by atoms with van der Waals surface area (Å²) in [7, 11) is 0. The van der Waals surface area contributed by atoms with Crippen LogP contribution < -0.4 is 5.73 Å². The molecule has 102 valence electrons. The minimum Gasteiger partial charge on any atom is -0.390 e. The molecule has 0 amide bonds. The summed E-state index contributed by atoms with van der Waals surface area (Å²) in [5, 5.41) is 9.23. The summed E-state index contributed by atoms with van der Waals surface area (Å²) < 4.78 is 0. The van der Waals surface area contributed by atoms with Gasteiger partial charge in [0.05, 0.1) is 6.10 Å². The van der Waals surface area contributed by atoms with E-state index < -0.39 is 0 Å². The Morgan fingerprint density at radius 1 is 1.35 bits per heavy atom. The van der Waals surface area contributed by atoms with Crippen molar-refractivity contribution < 1.29 is 5.11 Å². The van der Waals surface area contributed by atoms with E-state index in [1.807, 2.05) is 0 Å². The van der Waals surface area contributed by atoms with Gasteiger partial charge in [0.25, 0.3) is 0 Å². The SMILES string of the molecule is CCCC(CN)(CCCN1CC(O)C1)C(C)C. The fourth-order valence-electron chi connectivity index (χ4n) is 3.02. The number of hydrogen-bond donors (Lipinski definition) is 2. The van der Waals surface area contributed by atoms with Crippen LogP contribution in [0, 0.1) is 11.3 Å². The van der Waals surface area contributed by atoms with Crippen LogP contribution in [0.1, 0.15) is 46.5 Å². The minimum absolute atomic E-state index is 0.0741. The lowest BCUT2D eigenvalue weighted by atomic mass is 9.70. The molecule has 3 heteroatoms. The first-order valence-corrected chi connectivity index (χ1v) is 7.14. The summed E-state index contributed by atoms with van der Waals surface area (Å²) in [6.45, 7) is 10.5. The van der Waals surface area contributed by atoms with Crippen molar-refractivity contribution in [3.63, 3.8) is 0 Å². The van der Waals surface area contributed by atoms with Gasteiger partial charge in [-0.1, -0.05) is 27.2 Å². The highest BCUT2D eigenvalue weighted by Crippen LogP contribution is 2.36. The van der Waals surface area contributed by atoms with Gasteiger partial charge in [-0.05, 0) is 43.7 Å². The Morgan fingerprint density at radius 2 is 2.00 bits per heavy atom. The molecule has 1 aliphatic rings. The smallest absolute Gasteiger partial charge is 0.0793 e. The van der Waals surface area contributed by atoms with Crippen LogP contribution in [-0.2, 0) is 0 Å². The Hall–Kier alpha value is -0.120. The third kappa shape index (κ3) is 3.94. The van der Waals surface area contributed by atoms with Crippen molar-refractivity contribution in [2.75, 3.05) is 26.2 Å². The van der Waals surface area contributed by atoms with Gasteiger partial charge in [-0.15, -0.1) is 0 Å². The van der Waals surface area contributed by atoms with Crippen LogP contribution in [0.15, 0.2) is 0 Å². The van der Waals surface area contributed by atoms with Crippen LogP contribution in [0.4, 0.5) is 0 Å². The second-order valence-electron chi connectivity index (χ2n) is 5.99. The molecule has 3 nitrogen and oxygen atoms in total. The van der Waals surface area contributed by atoms with Crippen molar-refractivity contribution in [1.29, 1.82) is 0 Å². The zero-order valence-electron chi connectivity index (χ0n) is 11.8. The molecule has 17 heavy (non-hydrogen) atoms. The monoisotopic (exact) mass is 242 g/mol. The summed E-state index contributed by atoms with van der Waals surface area (Å²) >= 11 is 0. The summed E-state index contributed by atoms with van der Waals surface area (Å²) in [6.07, 6.45) is 4.82. The molecule has 0 aromatic heterocycles. The Bertz CT molecular complexity index is 214. The molecular formula is C14H30N2O. The average molecular weight is 242 g/mol. The van der Waals surface area contributed by atoms with E-state index in [1.165, 1.54) is 25.7 Å². The molecule has 1 heterocycles. The van der Waals surface area contributed by atoms with Gasteiger partial charge in [0.15, 0.2) is 0 Å². The average Bonchev–Trinajstić information content (AvgIpc) is 2.25.